The molecule has 0 spiro atoms. The van der Waals surface area contributed by atoms with Crippen molar-refractivity contribution in [3.63, 3.8) is 0 Å². The van der Waals surface area contributed by atoms with Crippen molar-refractivity contribution in [2.45, 2.75) is 33.2 Å². The summed E-state index contributed by atoms with van der Waals surface area (Å²) in [5, 5.41) is 2.80. The van der Waals surface area contributed by atoms with E-state index in [2.05, 4.69) is 17.2 Å². The largest absolute Gasteiger partial charge is 0.350 e. The van der Waals surface area contributed by atoms with Crippen molar-refractivity contribution in [1.82, 2.24) is 15.2 Å². The first-order chi connectivity index (χ1) is 9.13. The van der Waals surface area contributed by atoms with E-state index in [0.29, 0.717) is 13.1 Å². The SMILES string of the molecule is CCCCN(CC(=O)NCc1ccncc1)C(C)=O. The summed E-state index contributed by atoms with van der Waals surface area (Å²) in [4.78, 5) is 28.7. The minimum Gasteiger partial charge on any atom is -0.350 e. The van der Waals surface area contributed by atoms with Crippen molar-refractivity contribution in [1.29, 1.82) is 0 Å². The summed E-state index contributed by atoms with van der Waals surface area (Å²) >= 11 is 0. The highest BCUT2D eigenvalue weighted by molar-refractivity contribution is 5.83. The molecule has 104 valence electrons. The lowest BCUT2D eigenvalue weighted by Gasteiger charge is -2.20. The summed E-state index contributed by atoms with van der Waals surface area (Å²) in [5.74, 6) is -0.198. The fourth-order valence-corrected chi connectivity index (χ4v) is 1.63. The van der Waals surface area contributed by atoms with E-state index in [9.17, 15) is 9.59 Å². The van der Waals surface area contributed by atoms with Gasteiger partial charge in [0.15, 0.2) is 0 Å². The van der Waals surface area contributed by atoms with Crippen molar-refractivity contribution >= 4 is 11.8 Å². The van der Waals surface area contributed by atoms with E-state index < -0.39 is 0 Å². The van der Waals surface area contributed by atoms with Gasteiger partial charge in [-0.2, -0.15) is 0 Å². The second kappa shape index (κ2) is 8.24. The molecule has 1 aromatic heterocycles. The van der Waals surface area contributed by atoms with Gasteiger partial charge in [-0.3, -0.25) is 14.6 Å². The lowest BCUT2D eigenvalue weighted by Crippen LogP contribution is -2.40. The number of amides is 2. The highest BCUT2D eigenvalue weighted by atomic mass is 16.2. The topological polar surface area (TPSA) is 62.3 Å². The first kappa shape index (κ1) is 15.1. The summed E-state index contributed by atoms with van der Waals surface area (Å²) in [5.41, 5.74) is 0.992. The zero-order chi connectivity index (χ0) is 14.1. The minimum atomic E-state index is -0.136. The van der Waals surface area contributed by atoms with Gasteiger partial charge in [0.05, 0.1) is 6.54 Å². The van der Waals surface area contributed by atoms with Gasteiger partial charge >= 0.3 is 0 Å². The minimum absolute atomic E-state index is 0.0625. The number of nitrogens with one attached hydrogen (secondary N) is 1. The monoisotopic (exact) mass is 263 g/mol. The second-order valence-electron chi connectivity index (χ2n) is 4.43. The quantitative estimate of drug-likeness (QED) is 0.807. The highest BCUT2D eigenvalue weighted by Gasteiger charge is 2.12. The molecule has 2 amide bonds. The Hall–Kier alpha value is -1.91. The third-order valence-electron chi connectivity index (χ3n) is 2.80. The van der Waals surface area contributed by atoms with Gasteiger partial charge in [-0.15, -0.1) is 0 Å². The van der Waals surface area contributed by atoms with Crippen LogP contribution in [0, 0.1) is 0 Å². The van der Waals surface area contributed by atoms with Gasteiger partial charge in [-0.1, -0.05) is 13.3 Å². The predicted molar refractivity (Wildman–Crippen MR) is 73.2 cm³/mol. The van der Waals surface area contributed by atoms with Crippen LogP contribution in [-0.4, -0.2) is 34.8 Å². The summed E-state index contributed by atoms with van der Waals surface area (Å²) in [6, 6.07) is 3.69. The van der Waals surface area contributed by atoms with Gasteiger partial charge in [0, 0.05) is 32.4 Å². The molecule has 0 aliphatic rings. The molecule has 0 radical (unpaired) electrons. The Morgan fingerprint density at radius 1 is 1.32 bits per heavy atom. The predicted octanol–water partition coefficient (Wildman–Crippen LogP) is 1.35. The summed E-state index contributed by atoms with van der Waals surface area (Å²) < 4.78 is 0. The third kappa shape index (κ3) is 5.99. The number of hydrogen-bond donors (Lipinski definition) is 1. The number of unbranched alkanes of at least 4 members (excludes halogenated alkanes) is 1. The number of pyridine rings is 1. The highest BCUT2D eigenvalue weighted by Crippen LogP contribution is 1.97. The van der Waals surface area contributed by atoms with Crippen molar-refractivity contribution in [3.8, 4) is 0 Å². The van der Waals surface area contributed by atoms with Crippen molar-refractivity contribution < 1.29 is 9.59 Å². The van der Waals surface area contributed by atoms with Crippen molar-refractivity contribution in [3.05, 3.63) is 30.1 Å². The molecule has 0 aliphatic heterocycles. The van der Waals surface area contributed by atoms with E-state index in [4.69, 9.17) is 0 Å². The zero-order valence-corrected chi connectivity index (χ0v) is 11.6. The lowest BCUT2D eigenvalue weighted by atomic mass is 10.2. The number of hydrogen-bond acceptors (Lipinski definition) is 3. The van der Waals surface area contributed by atoms with Crippen LogP contribution in [0.3, 0.4) is 0 Å². The van der Waals surface area contributed by atoms with E-state index in [1.807, 2.05) is 12.1 Å². The van der Waals surface area contributed by atoms with Gasteiger partial charge in [0.2, 0.25) is 11.8 Å². The van der Waals surface area contributed by atoms with Crippen LogP contribution in [0.1, 0.15) is 32.3 Å². The Morgan fingerprint density at radius 2 is 2.00 bits per heavy atom. The van der Waals surface area contributed by atoms with E-state index in [1.54, 1.807) is 17.3 Å². The smallest absolute Gasteiger partial charge is 0.239 e. The first-order valence-electron chi connectivity index (χ1n) is 6.54. The molecule has 1 aromatic rings. The molecule has 0 fully saturated rings. The fraction of sp³-hybridized carbons (Fsp3) is 0.500. The molecule has 1 heterocycles. The molecule has 0 saturated carbocycles. The Labute approximate surface area is 114 Å². The average molecular weight is 263 g/mol. The van der Waals surface area contributed by atoms with Crippen molar-refractivity contribution in [2.24, 2.45) is 0 Å². The van der Waals surface area contributed by atoms with E-state index >= 15 is 0 Å². The molecular weight excluding hydrogens is 242 g/mol. The number of nitrogens with zero attached hydrogens (tertiary/aromatic N) is 2. The van der Waals surface area contributed by atoms with E-state index in [-0.39, 0.29) is 18.4 Å². The summed E-state index contributed by atoms with van der Waals surface area (Å²) in [7, 11) is 0. The molecule has 5 heteroatoms. The molecular formula is C14H21N3O2. The lowest BCUT2D eigenvalue weighted by molar-refractivity contribution is -0.134. The third-order valence-corrected chi connectivity index (χ3v) is 2.80. The van der Waals surface area contributed by atoms with Gasteiger partial charge in [0.25, 0.3) is 0 Å². The summed E-state index contributed by atoms with van der Waals surface area (Å²) in [6.07, 6.45) is 5.29. The molecule has 0 atom stereocenters. The Kier molecular flexibility index (Phi) is 6.57. The van der Waals surface area contributed by atoms with E-state index in [0.717, 1.165) is 18.4 Å². The molecule has 0 unspecified atom stereocenters. The molecule has 0 aliphatic carbocycles. The number of carbonyl (C=O) groups is 2. The van der Waals surface area contributed by atoms with Crippen LogP contribution in [0.4, 0.5) is 0 Å². The maximum Gasteiger partial charge on any atom is 0.239 e. The molecule has 0 saturated heterocycles. The first-order valence-corrected chi connectivity index (χ1v) is 6.54. The van der Waals surface area contributed by atoms with Crippen LogP contribution < -0.4 is 5.32 Å². The molecule has 1 N–H and O–H groups in total. The number of rotatable bonds is 7. The van der Waals surface area contributed by atoms with Gasteiger partial charge in [0.1, 0.15) is 0 Å². The van der Waals surface area contributed by atoms with Gasteiger partial charge < -0.3 is 10.2 Å². The maximum atomic E-state index is 11.8. The van der Waals surface area contributed by atoms with Crippen LogP contribution in [-0.2, 0) is 16.1 Å². The van der Waals surface area contributed by atoms with Crippen LogP contribution in [0.25, 0.3) is 0 Å². The van der Waals surface area contributed by atoms with Gasteiger partial charge in [-0.05, 0) is 24.1 Å². The number of carbonyl (C=O) groups excluding carboxylic acids is 2. The zero-order valence-electron chi connectivity index (χ0n) is 11.6. The van der Waals surface area contributed by atoms with Crippen LogP contribution in [0.15, 0.2) is 24.5 Å². The van der Waals surface area contributed by atoms with Crippen molar-refractivity contribution in [2.75, 3.05) is 13.1 Å². The maximum absolute atomic E-state index is 11.8. The molecule has 0 bridgehead atoms. The normalized spacial score (nSPS) is 10.0. The van der Waals surface area contributed by atoms with Gasteiger partial charge in [-0.25, -0.2) is 0 Å². The second-order valence-corrected chi connectivity index (χ2v) is 4.43. The van der Waals surface area contributed by atoms with Crippen LogP contribution in [0.5, 0.6) is 0 Å². The Balaban J connectivity index is 2.38. The Morgan fingerprint density at radius 3 is 2.58 bits per heavy atom. The Bertz CT molecular complexity index is 406. The molecule has 0 aromatic carbocycles. The standard InChI is InChI=1S/C14H21N3O2/c1-3-4-9-17(12(2)18)11-14(19)16-10-13-5-7-15-8-6-13/h5-8H,3-4,9-11H2,1-2H3,(H,16,19). The number of aromatic nitrogens is 1. The molecule has 5 nitrogen and oxygen atoms in total. The summed E-state index contributed by atoms with van der Waals surface area (Å²) in [6.45, 7) is 4.77. The van der Waals surface area contributed by atoms with Crippen LogP contribution in [0.2, 0.25) is 0 Å². The molecule has 19 heavy (non-hydrogen) atoms. The van der Waals surface area contributed by atoms with Crippen LogP contribution >= 0.6 is 0 Å². The average Bonchev–Trinajstić information content (AvgIpc) is 2.42. The van der Waals surface area contributed by atoms with E-state index in [1.165, 1.54) is 6.92 Å². The molecule has 1 rings (SSSR count). The fourth-order valence-electron chi connectivity index (χ4n) is 1.63.